The number of hydrogen-bond acceptors (Lipinski definition) is 5. The summed E-state index contributed by atoms with van der Waals surface area (Å²) in [6.07, 6.45) is 7.44. The predicted octanol–water partition coefficient (Wildman–Crippen LogP) is 7.81. The standard InChI is InChI=1S/C34H42FNO4/c1-4-5-6-7-17-36-22-27-18-24(11-15-30(27)32-20-28(38-2)14-16-33(32)35)23-40-29-10-8-9-26(19-29)31(25-12-13-25)21-34(37)39-3/h8-11,14-16,18-20,25,31,36H,4-7,12-13,17,21-23H2,1-3H3/t31-/m1/s1. The van der Waals surface area contributed by atoms with Crippen molar-refractivity contribution in [1.29, 1.82) is 0 Å². The predicted molar refractivity (Wildman–Crippen MR) is 157 cm³/mol. The van der Waals surface area contributed by atoms with Crippen LogP contribution in [0.5, 0.6) is 11.5 Å². The molecule has 214 valence electrons. The average Bonchev–Trinajstić information content (AvgIpc) is 3.82. The molecule has 1 saturated carbocycles. The second-order valence-corrected chi connectivity index (χ2v) is 10.7. The Morgan fingerprint density at radius 1 is 0.975 bits per heavy atom. The molecule has 3 aromatic rings. The lowest BCUT2D eigenvalue weighted by Crippen LogP contribution is -2.16. The van der Waals surface area contributed by atoms with Crippen molar-refractivity contribution in [2.24, 2.45) is 5.92 Å². The fourth-order valence-electron chi connectivity index (χ4n) is 5.20. The Labute approximate surface area is 238 Å². The summed E-state index contributed by atoms with van der Waals surface area (Å²) in [5, 5.41) is 3.54. The molecule has 0 spiro atoms. The second kappa shape index (κ2) is 14.8. The first-order valence-electron chi connectivity index (χ1n) is 14.5. The van der Waals surface area contributed by atoms with Crippen LogP contribution in [0, 0.1) is 11.7 Å². The normalized spacial score (nSPS) is 13.6. The first-order valence-corrected chi connectivity index (χ1v) is 14.5. The van der Waals surface area contributed by atoms with Gasteiger partial charge in [0, 0.05) is 12.1 Å². The molecular weight excluding hydrogens is 505 g/mol. The van der Waals surface area contributed by atoms with E-state index in [9.17, 15) is 9.18 Å². The van der Waals surface area contributed by atoms with Crippen molar-refractivity contribution in [1.82, 2.24) is 5.32 Å². The topological polar surface area (TPSA) is 56.8 Å². The molecule has 0 amide bonds. The van der Waals surface area contributed by atoms with Gasteiger partial charge in [-0.05, 0) is 90.2 Å². The van der Waals surface area contributed by atoms with E-state index in [0.717, 1.165) is 53.8 Å². The van der Waals surface area contributed by atoms with Crippen molar-refractivity contribution >= 4 is 5.97 Å². The summed E-state index contributed by atoms with van der Waals surface area (Å²) in [7, 11) is 3.03. The zero-order valence-electron chi connectivity index (χ0n) is 24.0. The number of halogens is 1. The SMILES string of the molecule is CCCCCCNCc1cc(COc2cccc([C@H](CC(=O)OC)C3CC3)c2)ccc1-c1cc(OC)ccc1F. The Bertz CT molecular complexity index is 1260. The number of hydrogen-bond donors (Lipinski definition) is 1. The van der Waals surface area contributed by atoms with E-state index in [-0.39, 0.29) is 17.7 Å². The summed E-state index contributed by atoms with van der Waals surface area (Å²) < 4.78 is 31.4. The molecule has 1 aliphatic carbocycles. The summed E-state index contributed by atoms with van der Waals surface area (Å²) in [5.74, 6) is 1.62. The third-order valence-corrected chi connectivity index (χ3v) is 7.65. The summed E-state index contributed by atoms with van der Waals surface area (Å²) >= 11 is 0. The van der Waals surface area contributed by atoms with E-state index >= 15 is 0 Å². The van der Waals surface area contributed by atoms with Crippen LogP contribution in [0.3, 0.4) is 0 Å². The lowest BCUT2D eigenvalue weighted by molar-refractivity contribution is -0.141. The van der Waals surface area contributed by atoms with Crippen LogP contribution >= 0.6 is 0 Å². The van der Waals surface area contributed by atoms with Crippen molar-refractivity contribution < 1.29 is 23.4 Å². The molecule has 0 heterocycles. The Morgan fingerprint density at radius 2 is 1.82 bits per heavy atom. The van der Waals surface area contributed by atoms with E-state index in [1.807, 2.05) is 30.3 Å². The number of rotatable bonds is 16. The van der Waals surface area contributed by atoms with Crippen LogP contribution in [-0.2, 0) is 22.7 Å². The van der Waals surface area contributed by atoms with Gasteiger partial charge in [0.15, 0.2) is 0 Å². The highest BCUT2D eigenvalue weighted by Gasteiger charge is 2.34. The van der Waals surface area contributed by atoms with Crippen LogP contribution in [0.2, 0.25) is 0 Å². The van der Waals surface area contributed by atoms with Crippen LogP contribution in [0.1, 0.15) is 74.5 Å². The molecular formula is C34H42FNO4. The number of methoxy groups -OCH3 is 2. The van der Waals surface area contributed by atoms with Gasteiger partial charge in [0.2, 0.25) is 0 Å². The van der Waals surface area contributed by atoms with Gasteiger partial charge in [0.05, 0.1) is 20.6 Å². The highest BCUT2D eigenvalue weighted by molar-refractivity contribution is 5.71. The van der Waals surface area contributed by atoms with Gasteiger partial charge in [0.1, 0.15) is 23.9 Å². The monoisotopic (exact) mass is 547 g/mol. The molecule has 6 heteroatoms. The fourth-order valence-corrected chi connectivity index (χ4v) is 5.20. The van der Waals surface area contributed by atoms with E-state index in [1.165, 1.54) is 32.4 Å². The van der Waals surface area contributed by atoms with Gasteiger partial charge in [0.25, 0.3) is 0 Å². The van der Waals surface area contributed by atoms with Gasteiger partial charge in [-0.25, -0.2) is 4.39 Å². The van der Waals surface area contributed by atoms with Gasteiger partial charge in [-0.1, -0.05) is 56.5 Å². The number of carbonyl (C=O) groups excluding carboxylic acids is 1. The Kier molecular flexibility index (Phi) is 11.0. The lowest BCUT2D eigenvalue weighted by Gasteiger charge is -2.17. The highest BCUT2D eigenvalue weighted by atomic mass is 19.1. The summed E-state index contributed by atoms with van der Waals surface area (Å²) in [6.45, 7) is 4.15. The lowest BCUT2D eigenvalue weighted by atomic mass is 9.91. The van der Waals surface area contributed by atoms with Crippen LogP contribution in [0.25, 0.3) is 11.1 Å². The molecule has 1 atom stereocenters. The Morgan fingerprint density at radius 3 is 2.58 bits per heavy atom. The number of esters is 1. The average molecular weight is 548 g/mol. The van der Waals surface area contributed by atoms with Crippen LogP contribution < -0.4 is 14.8 Å². The Hall–Kier alpha value is -3.38. The minimum absolute atomic E-state index is 0.156. The number of ether oxygens (including phenoxy) is 3. The zero-order chi connectivity index (χ0) is 28.3. The number of carbonyl (C=O) groups is 1. The molecule has 0 saturated heterocycles. The maximum Gasteiger partial charge on any atom is 0.306 e. The van der Waals surface area contributed by atoms with E-state index in [4.69, 9.17) is 14.2 Å². The van der Waals surface area contributed by atoms with Gasteiger partial charge >= 0.3 is 5.97 Å². The maximum absolute atomic E-state index is 14.9. The van der Waals surface area contributed by atoms with E-state index in [0.29, 0.717) is 36.8 Å². The van der Waals surface area contributed by atoms with Gasteiger partial charge in [-0.2, -0.15) is 0 Å². The van der Waals surface area contributed by atoms with Gasteiger partial charge < -0.3 is 19.5 Å². The Balaban J connectivity index is 1.50. The van der Waals surface area contributed by atoms with E-state index < -0.39 is 0 Å². The minimum atomic E-state index is -0.275. The number of unbranched alkanes of at least 4 members (excludes halogenated alkanes) is 3. The molecule has 1 fully saturated rings. The summed E-state index contributed by atoms with van der Waals surface area (Å²) in [6, 6.07) is 19.0. The third-order valence-electron chi connectivity index (χ3n) is 7.65. The quantitative estimate of drug-likeness (QED) is 0.146. The third kappa shape index (κ3) is 8.31. The number of nitrogens with one attached hydrogen (secondary N) is 1. The largest absolute Gasteiger partial charge is 0.497 e. The summed E-state index contributed by atoms with van der Waals surface area (Å²) in [4.78, 5) is 12.0. The molecule has 0 unspecified atom stereocenters. The minimum Gasteiger partial charge on any atom is -0.497 e. The fraction of sp³-hybridized carbons (Fsp3) is 0.441. The molecule has 0 aromatic heterocycles. The molecule has 0 radical (unpaired) electrons. The second-order valence-electron chi connectivity index (χ2n) is 10.7. The van der Waals surface area contributed by atoms with Gasteiger partial charge in [-0.3, -0.25) is 4.79 Å². The van der Waals surface area contributed by atoms with Crippen molar-refractivity contribution in [2.75, 3.05) is 20.8 Å². The zero-order valence-corrected chi connectivity index (χ0v) is 24.0. The highest BCUT2D eigenvalue weighted by Crippen LogP contribution is 2.45. The molecule has 1 N–H and O–H groups in total. The molecule has 0 bridgehead atoms. The van der Waals surface area contributed by atoms with Crippen molar-refractivity contribution in [2.45, 2.75) is 70.9 Å². The van der Waals surface area contributed by atoms with E-state index in [2.05, 4.69) is 24.4 Å². The molecule has 40 heavy (non-hydrogen) atoms. The van der Waals surface area contributed by atoms with Gasteiger partial charge in [-0.15, -0.1) is 0 Å². The van der Waals surface area contributed by atoms with Crippen LogP contribution in [0.4, 0.5) is 4.39 Å². The maximum atomic E-state index is 14.9. The van der Waals surface area contributed by atoms with Crippen LogP contribution in [0.15, 0.2) is 60.7 Å². The molecule has 1 aliphatic rings. The molecule has 3 aromatic carbocycles. The molecule has 4 rings (SSSR count). The first kappa shape index (κ1) is 29.6. The molecule has 5 nitrogen and oxygen atoms in total. The van der Waals surface area contributed by atoms with Crippen molar-refractivity contribution in [3.63, 3.8) is 0 Å². The smallest absolute Gasteiger partial charge is 0.306 e. The van der Waals surface area contributed by atoms with Crippen LogP contribution in [-0.4, -0.2) is 26.7 Å². The van der Waals surface area contributed by atoms with E-state index in [1.54, 1.807) is 19.2 Å². The van der Waals surface area contributed by atoms with Crippen molar-refractivity contribution in [3.05, 3.63) is 83.2 Å². The van der Waals surface area contributed by atoms with Crippen molar-refractivity contribution in [3.8, 4) is 22.6 Å². The molecule has 0 aliphatic heterocycles. The first-order chi connectivity index (χ1) is 19.5. The number of benzene rings is 3. The summed E-state index contributed by atoms with van der Waals surface area (Å²) in [5.41, 5.74) is 4.51.